The standard InChI is InChI=1S/C28H31N5O3S/c1-28(2)15-23-25(26(35)32-28)37-27(31-23)33-10-11-36-16-21(33)13-17-4-3-5-19(12-17)29-20-7-8-22-18(14-20)6-9-24(34)30-22/h3-5,7-8,12,14,21,29H,6,9-11,13,15-16H2,1-2H3,(H,30,34)(H,32,35). The van der Waals surface area contributed by atoms with Gasteiger partial charge >= 0.3 is 0 Å². The lowest BCUT2D eigenvalue weighted by Crippen LogP contribution is -2.48. The molecule has 3 aliphatic rings. The number of thiazole rings is 1. The maximum Gasteiger partial charge on any atom is 0.263 e. The summed E-state index contributed by atoms with van der Waals surface area (Å²) in [5.74, 6) is 0.0508. The zero-order valence-corrected chi connectivity index (χ0v) is 21.9. The smallest absolute Gasteiger partial charge is 0.263 e. The van der Waals surface area contributed by atoms with Crippen molar-refractivity contribution in [1.82, 2.24) is 10.3 Å². The number of amides is 2. The second kappa shape index (κ2) is 9.46. The van der Waals surface area contributed by atoms with Crippen molar-refractivity contribution in [2.24, 2.45) is 0 Å². The number of nitrogens with one attached hydrogen (secondary N) is 3. The van der Waals surface area contributed by atoms with E-state index < -0.39 is 0 Å². The average Bonchev–Trinajstić information content (AvgIpc) is 3.28. The molecule has 1 saturated heterocycles. The highest BCUT2D eigenvalue weighted by Crippen LogP contribution is 2.34. The summed E-state index contributed by atoms with van der Waals surface area (Å²) in [7, 11) is 0. The molecule has 4 heterocycles. The van der Waals surface area contributed by atoms with Crippen LogP contribution in [0.5, 0.6) is 0 Å². The lowest BCUT2D eigenvalue weighted by atomic mass is 9.94. The molecule has 3 N–H and O–H groups in total. The molecule has 3 aromatic rings. The highest BCUT2D eigenvalue weighted by atomic mass is 32.1. The van der Waals surface area contributed by atoms with Crippen LogP contribution in [0.15, 0.2) is 42.5 Å². The van der Waals surface area contributed by atoms with Gasteiger partial charge in [-0.25, -0.2) is 4.98 Å². The van der Waals surface area contributed by atoms with Gasteiger partial charge in [0.25, 0.3) is 5.91 Å². The molecular weight excluding hydrogens is 486 g/mol. The van der Waals surface area contributed by atoms with E-state index in [4.69, 9.17) is 9.72 Å². The normalized spacial score (nSPS) is 20.5. The number of nitrogens with zero attached hydrogens (tertiary/aromatic N) is 2. The average molecular weight is 518 g/mol. The quantitative estimate of drug-likeness (QED) is 0.468. The molecule has 1 atom stereocenters. The second-order valence-electron chi connectivity index (χ2n) is 10.7. The number of hydrogen-bond donors (Lipinski definition) is 3. The first kappa shape index (κ1) is 23.9. The topological polar surface area (TPSA) is 95.6 Å². The molecule has 6 rings (SSSR count). The second-order valence-corrected chi connectivity index (χ2v) is 11.6. The molecule has 1 unspecified atom stereocenters. The minimum atomic E-state index is -0.279. The third kappa shape index (κ3) is 5.06. The van der Waals surface area contributed by atoms with Crippen molar-refractivity contribution in [3.05, 3.63) is 64.2 Å². The van der Waals surface area contributed by atoms with E-state index in [-0.39, 0.29) is 23.4 Å². The largest absolute Gasteiger partial charge is 0.377 e. The Morgan fingerprint density at radius 3 is 2.92 bits per heavy atom. The number of fused-ring (bicyclic) bond motifs is 2. The van der Waals surface area contributed by atoms with Crippen LogP contribution in [0.3, 0.4) is 0 Å². The van der Waals surface area contributed by atoms with Crippen molar-refractivity contribution < 1.29 is 14.3 Å². The predicted octanol–water partition coefficient (Wildman–Crippen LogP) is 4.28. The summed E-state index contributed by atoms with van der Waals surface area (Å²) >= 11 is 1.49. The molecule has 1 fully saturated rings. The number of hydrogen-bond acceptors (Lipinski definition) is 7. The van der Waals surface area contributed by atoms with Crippen LogP contribution < -0.4 is 20.9 Å². The fourth-order valence-electron chi connectivity index (χ4n) is 5.34. The van der Waals surface area contributed by atoms with Gasteiger partial charge in [0.2, 0.25) is 5.91 Å². The molecule has 0 bridgehead atoms. The summed E-state index contributed by atoms with van der Waals surface area (Å²) in [6.07, 6.45) is 2.83. The number of carbonyl (C=O) groups excluding carboxylic acids is 2. The van der Waals surface area contributed by atoms with Crippen molar-refractivity contribution in [1.29, 1.82) is 0 Å². The summed E-state index contributed by atoms with van der Waals surface area (Å²) in [4.78, 5) is 32.2. The van der Waals surface area contributed by atoms with Crippen LogP contribution >= 0.6 is 11.3 Å². The van der Waals surface area contributed by atoms with E-state index in [2.05, 4.69) is 51.2 Å². The molecule has 37 heavy (non-hydrogen) atoms. The molecule has 0 spiro atoms. The summed E-state index contributed by atoms with van der Waals surface area (Å²) in [6.45, 7) is 6.10. The Balaban J connectivity index is 1.18. The number of anilines is 4. The Hall–Kier alpha value is -3.43. The van der Waals surface area contributed by atoms with E-state index in [9.17, 15) is 9.59 Å². The van der Waals surface area contributed by atoms with Crippen LogP contribution in [-0.4, -0.2) is 48.1 Å². The summed E-state index contributed by atoms with van der Waals surface area (Å²) in [5, 5.41) is 10.4. The molecule has 1 aromatic heterocycles. The van der Waals surface area contributed by atoms with Gasteiger partial charge < -0.3 is 25.6 Å². The van der Waals surface area contributed by atoms with Crippen molar-refractivity contribution in [2.75, 3.05) is 35.3 Å². The number of ether oxygens (including phenoxy) is 1. The molecule has 9 heteroatoms. The van der Waals surface area contributed by atoms with Crippen LogP contribution in [0.2, 0.25) is 0 Å². The molecule has 2 aromatic carbocycles. The van der Waals surface area contributed by atoms with Crippen molar-refractivity contribution in [2.45, 2.75) is 51.1 Å². The number of aryl methyl sites for hydroxylation is 1. The Bertz CT molecular complexity index is 1370. The number of rotatable bonds is 5. The van der Waals surface area contributed by atoms with E-state index in [1.54, 1.807) is 0 Å². The zero-order valence-electron chi connectivity index (χ0n) is 21.1. The maximum absolute atomic E-state index is 12.6. The first-order valence-corrected chi connectivity index (χ1v) is 13.6. The van der Waals surface area contributed by atoms with Crippen molar-refractivity contribution in [3.63, 3.8) is 0 Å². The lowest BCUT2D eigenvalue weighted by molar-refractivity contribution is -0.116. The molecule has 3 aliphatic heterocycles. The van der Waals surface area contributed by atoms with Gasteiger partial charge in [-0.15, -0.1) is 0 Å². The van der Waals surface area contributed by atoms with Crippen molar-refractivity contribution in [3.8, 4) is 0 Å². The monoisotopic (exact) mass is 517 g/mol. The van der Waals surface area contributed by atoms with Gasteiger partial charge in [0.05, 0.1) is 24.9 Å². The van der Waals surface area contributed by atoms with Crippen LogP contribution in [0.4, 0.5) is 22.2 Å². The molecule has 8 nitrogen and oxygen atoms in total. The van der Waals surface area contributed by atoms with E-state index in [0.29, 0.717) is 19.6 Å². The number of benzene rings is 2. The van der Waals surface area contributed by atoms with Gasteiger partial charge in [0, 0.05) is 42.0 Å². The fourth-order valence-corrected chi connectivity index (χ4v) is 6.41. The molecule has 192 valence electrons. The van der Waals surface area contributed by atoms with Crippen LogP contribution in [-0.2, 0) is 28.8 Å². The minimum absolute atomic E-state index is 0.0249. The van der Waals surface area contributed by atoms with Crippen LogP contribution in [0.25, 0.3) is 0 Å². The number of morpholine rings is 1. The van der Waals surface area contributed by atoms with Crippen LogP contribution in [0.1, 0.15) is 46.8 Å². The number of aromatic nitrogens is 1. The predicted molar refractivity (Wildman–Crippen MR) is 146 cm³/mol. The zero-order chi connectivity index (χ0) is 25.6. The first-order chi connectivity index (χ1) is 17.8. The first-order valence-electron chi connectivity index (χ1n) is 12.8. The highest BCUT2D eigenvalue weighted by molar-refractivity contribution is 7.17. The molecule has 0 aliphatic carbocycles. The molecule has 2 amide bonds. The van der Waals surface area contributed by atoms with Crippen LogP contribution in [0, 0.1) is 0 Å². The third-order valence-corrected chi connectivity index (χ3v) is 8.25. The summed E-state index contributed by atoms with van der Waals surface area (Å²) in [5.41, 5.74) is 5.90. The van der Waals surface area contributed by atoms with E-state index in [1.165, 1.54) is 16.9 Å². The van der Waals surface area contributed by atoms with E-state index in [1.807, 2.05) is 26.0 Å². The minimum Gasteiger partial charge on any atom is -0.377 e. The van der Waals surface area contributed by atoms with E-state index in [0.717, 1.165) is 64.1 Å². The number of carbonyl (C=O) groups is 2. The molecule has 0 radical (unpaired) electrons. The maximum atomic E-state index is 12.6. The molecular formula is C28H31N5O3S. The molecule has 0 saturated carbocycles. The summed E-state index contributed by atoms with van der Waals surface area (Å²) in [6, 6.07) is 14.7. The third-order valence-electron chi connectivity index (χ3n) is 7.11. The van der Waals surface area contributed by atoms with Gasteiger partial charge in [0.15, 0.2) is 5.13 Å². The Morgan fingerprint density at radius 1 is 1.16 bits per heavy atom. The van der Waals surface area contributed by atoms with Crippen molar-refractivity contribution >= 4 is 45.3 Å². The van der Waals surface area contributed by atoms with E-state index >= 15 is 0 Å². The van der Waals surface area contributed by atoms with Gasteiger partial charge in [-0.1, -0.05) is 23.5 Å². The Morgan fingerprint density at radius 2 is 2.03 bits per heavy atom. The Labute approximate surface area is 220 Å². The van der Waals surface area contributed by atoms with Gasteiger partial charge in [0.1, 0.15) is 4.88 Å². The van der Waals surface area contributed by atoms with Gasteiger partial charge in [-0.3, -0.25) is 9.59 Å². The highest BCUT2D eigenvalue weighted by Gasteiger charge is 2.35. The summed E-state index contributed by atoms with van der Waals surface area (Å²) < 4.78 is 5.86. The van der Waals surface area contributed by atoms with Gasteiger partial charge in [-0.05, 0) is 68.1 Å². The van der Waals surface area contributed by atoms with Gasteiger partial charge in [-0.2, -0.15) is 0 Å². The Kier molecular flexibility index (Phi) is 6.12. The lowest BCUT2D eigenvalue weighted by Gasteiger charge is -2.35. The SMILES string of the molecule is CC1(C)Cc2nc(N3CCOCC3Cc3cccc(Nc4ccc5c(c4)CCC(=O)N5)c3)sc2C(=O)N1. The fraction of sp³-hybridized carbons (Fsp3) is 0.393.